The van der Waals surface area contributed by atoms with Crippen LogP contribution in [0.3, 0.4) is 0 Å². The molecule has 80 valence electrons. The Balaban J connectivity index is 1.67. The second-order valence-electron chi connectivity index (χ2n) is 3.58. The molecular formula is C11H15N3O. The van der Waals surface area contributed by atoms with Crippen molar-refractivity contribution in [3.8, 4) is 0 Å². The molecular weight excluding hydrogens is 190 g/mol. The number of nitrogens with zero attached hydrogens (tertiary/aromatic N) is 2. The average molecular weight is 205 g/mol. The number of aromatic nitrogens is 2. The van der Waals surface area contributed by atoms with Gasteiger partial charge in [0.25, 0.3) is 0 Å². The molecule has 0 fully saturated rings. The fourth-order valence-electron chi connectivity index (χ4n) is 1.46. The van der Waals surface area contributed by atoms with Crippen LogP contribution in [0.4, 0.5) is 0 Å². The highest BCUT2D eigenvalue weighted by molar-refractivity contribution is 5.06. The zero-order chi connectivity index (χ0) is 10.5. The zero-order valence-corrected chi connectivity index (χ0v) is 8.81. The summed E-state index contributed by atoms with van der Waals surface area (Å²) in [4.78, 5) is 0. The molecule has 0 spiro atoms. The molecule has 2 rings (SSSR count). The minimum absolute atomic E-state index is 0.858. The number of aryl methyl sites for hydroxylation is 1. The van der Waals surface area contributed by atoms with Gasteiger partial charge < -0.3 is 9.73 Å². The van der Waals surface area contributed by atoms with Crippen molar-refractivity contribution in [1.29, 1.82) is 0 Å². The van der Waals surface area contributed by atoms with Crippen molar-refractivity contribution in [1.82, 2.24) is 15.1 Å². The lowest BCUT2D eigenvalue weighted by Crippen LogP contribution is -2.16. The summed E-state index contributed by atoms with van der Waals surface area (Å²) in [6.45, 7) is 1.81. The molecule has 0 unspecified atom stereocenters. The molecule has 1 N–H and O–H groups in total. The van der Waals surface area contributed by atoms with E-state index >= 15 is 0 Å². The summed E-state index contributed by atoms with van der Waals surface area (Å²) in [5.74, 6) is 0. The molecule has 2 aromatic heterocycles. The third kappa shape index (κ3) is 2.95. The van der Waals surface area contributed by atoms with E-state index in [2.05, 4.69) is 10.4 Å². The van der Waals surface area contributed by atoms with Crippen LogP contribution in [-0.4, -0.2) is 16.3 Å². The second kappa shape index (κ2) is 4.79. The van der Waals surface area contributed by atoms with Gasteiger partial charge in [-0.1, -0.05) is 0 Å². The minimum Gasteiger partial charge on any atom is -0.472 e. The van der Waals surface area contributed by atoms with Crippen molar-refractivity contribution >= 4 is 0 Å². The maximum absolute atomic E-state index is 4.98. The van der Waals surface area contributed by atoms with E-state index in [-0.39, 0.29) is 0 Å². The summed E-state index contributed by atoms with van der Waals surface area (Å²) in [7, 11) is 1.93. The molecule has 0 aliphatic rings. The molecule has 0 bridgehead atoms. The summed E-state index contributed by atoms with van der Waals surface area (Å²) in [6.07, 6.45) is 8.40. The molecule has 2 heterocycles. The van der Waals surface area contributed by atoms with E-state index < -0.39 is 0 Å². The van der Waals surface area contributed by atoms with Gasteiger partial charge in [-0.15, -0.1) is 0 Å². The lowest BCUT2D eigenvalue weighted by molar-refractivity contribution is 0.560. The standard InChI is InChI=1S/C11H15N3O/c1-14-8-10(7-13-14)2-4-12-6-11-3-5-15-9-11/h3,5,7-9,12H,2,4,6H2,1H3. The van der Waals surface area contributed by atoms with Crippen LogP contribution in [0.5, 0.6) is 0 Å². The van der Waals surface area contributed by atoms with Crippen molar-refractivity contribution < 1.29 is 4.42 Å². The van der Waals surface area contributed by atoms with Gasteiger partial charge in [-0.25, -0.2) is 0 Å². The quantitative estimate of drug-likeness (QED) is 0.749. The highest BCUT2D eigenvalue weighted by Gasteiger charge is 1.96. The van der Waals surface area contributed by atoms with Crippen LogP contribution in [0.2, 0.25) is 0 Å². The fraction of sp³-hybridized carbons (Fsp3) is 0.364. The van der Waals surface area contributed by atoms with E-state index in [9.17, 15) is 0 Å². The van der Waals surface area contributed by atoms with Gasteiger partial charge in [0.1, 0.15) is 0 Å². The third-order valence-corrected chi connectivity index (χ3v) is 2.26. The van der Waals surface area contributed by atoms with E-state index in [4.69, 9.17) is 4.42 Å². The normalized spacial score (nSPS) is 10.7. The van der Waals surface area contributed by atoms with Crippen LogP contribution in [0, 0.1) is 0 Å². The molecule has 0 amide bonds. The monoisotopic (exact) mass is 205 g/mol. The summed E-state index contributed by atoms with van der Waals surface area (Å²) < 4.78 is 6.80. The van der Waals surface area contributed by atoms with Crippen molar-refractivity contribution in [2.45, 2.75) is 13.0 Å². The summed E-state index contributed by atoms with van der Waals surface area (Å²) >= 11 is 0. The van der Waals surface area contributed by atoms with Crippen LogP contribution in [-0.2, 0) is 20.0 Å². The smallest absolute Gasteiger partial charge is 0.0947 e. The Labute approximate surface area is 88.9 Å². The number of nitrogens with one attached hydrogen (secondary N) is 1. The van der Waals surface area contributed by atoms with Crippen LogP contribution < -0.4 is 5.32 Å². The number of hydrogen-bond donors (Lipinski definition) is 1. The van der Waals surface area contributed by atoms with E-state index in [1.165, 1.54) is 11.1 Å². The van der Waals surface area contributed by atoms with Gasteiger partial charge in [0.2, 0.25) is 0 Å². The molecule has 0 aliphatic heterocycles. The Morgan fingerprint density at radius 2 is 2.40 bits per heavy atom. The van der Waals surface area contributed by atoms with Crippen LogP contribution >= 0.6 is 0 Å². The lowest BCUT2D eigenvalue weighted by Gasteiger charge is -2.00. The molecule has 0 saturated carbocycles. The van der Waals surface area contributed by atoms with Crippen molar-refractivity contribution in [2.24, 2.45) is 7.05 Å². The summed E-state index contributed by atoms with van der Waals surface area (Å²) in [5, 5.41) is 7.47. The van der Waals surface area contributed by atoms with Gasteiger partial charge in [0, 0.05) is 25.4 Å². The molecule has 0 aromatic carbocycles. The first-order valence-electron chi connectivity index (χ1n) is 5.04. The SMILES string of the molecule is Cn1cc(CCNCc2ccoc2)cn1. The molecule has 4 heteroatoms. The molecule has 0 saturated heterocycles. The maximum Gasteiger partial charge on any atom is 0.0947 e. The van der Waals surface area contributed by atoms with Gasteiger partial charge in [0.15, 0.2) is 0 Å². The Bertz CT molecular complexity index is 392. The minimum atomic E-state index is 0.858. The van der Waals surface area contributed by atoms with Crippen molar-refractivity contribution in [2.75, 3.05) is 6.54 Å². The fourth-order valence-corrected chi connectivity index (χ4v) is 1.46. The van der Waals surface area contributed by atoms with Gasteiger partial charge in [-0.3, -0.25) is 4.68 Å². The van der Waals surface area contributed by atoms with Crippen LogP contribution in [0.1, 0.15) is 11.1 Å². The van der Waals surface area contributed by atoms with Gasteiger partial charge in [-0.2, -0.15) is 5.10 Å². The van der Waals surface area contributed by atoms with E-state index in [1.807, 2.05) is 30.2 Å². The Kier molecular flexibility index (Phi) is 3.19. The number of rotatable bonds is 5. The number of furan rings is 1. The zero-order valence-electron chi connectivity index (χ0n) is 8.81. The maximum atomic E-state index is 4.98. The van der Waals surface area contributed by atoms with Gasteiger partial charge in [0.05, 0.1) is 18.7 Å². The van der Waals surface area contributed by atoms with Crippen molar-refractivity contribution in [3.05, 3.63) is 42.1 Å². The molecule has 15 heavy (non-hydrogen) atoms. The Morgan fingerprint density at radius 1 is 1.47 bits per heavy atom. The Hall–Kier alpha value is -1.55. The van der Waals surface area contributed by atoms with Crippen molar-refractivity contribution in [3.63, 3.8) is 0 Å². The molecule has 2 aromatic rings. The summed E-state index contributed by atoms with van der Waals surface area (Å²) in [6, 6.07) is 1.97. The summed E-state index contributed by atoms with van der Waals surface area (Å²) in [5.41, 5.74) is 2.44. The van der Waals surface area contributed by atoms with E-state index in [0.717, 1.165) is 19.5 Å². The lowest BCUT2D eigenvalue weighted by atomic mass is 10.2. The average Bonchev–Trinajstić information content (AvgIpc) is 2.84. The largest absolute Gasteiger partial charge is 0.472 e. The van der Waals surface area contributed by atoms with E-state index in [1.54, 1.807) is 12.5 Å². The third-order valence-electron chi connectivity index (χ3n) is 2.26. The Morgan fingerprint density at radius 3 is 3.07 bits per heavy atom. The predicted molar refractivity (Wildman–Crippen MR) is 57.3 cm³/mol. The highest BCUT2D eigenvalue weighted by atomic mass is 16.3. The highest BCUT2D eigenvalue weighted by Crippen LogP contribution is 1.99. The molecule has 0 atom stereocenters. The first-order valence-corrected chi connectivity index (χ1v) is 5.04. The van der Waals surface area contributed by atoms with Gasteiger partial charge in [-0.05, 0) is 24.6 Å². The van der Waals surface area contributed by atoms with Crippen LogP contribution in [0.15, 0.2) is 35.4 Å². The molecule has 0 radical (unpaired) electrons. The first kappa shape index (κ1) is 9.98. The number of hydrogen-bond acceptors (Lipinski definition) is 3. The topological polar surface area (TPSA) is 43.0 Å². The van der Waals surface area contributed by atoms with Crippen LogP contribution in [0.25, 0.3) is 0 Å². The molecule has 4 nitrogen and oxygen atoms in total. The predicted octanol–water partition coefficient (Wildman–Crippen LogP) is 1.35. The van der Waals surface area contributed by atoms with Gasteiger partial charge >= 0.3 is 0 Å². The first-order chi connectivity index (χ1) is 7.34. The van der Waals surface area contributed by atoms with E-state index in [0.29, 0.717) is 0 Å². The second-order valence-corrected chi connectivity index (χ2v) is 3.58. The molecule has 0 aliphatic carbocycles.